The molecule has 1 aliphatic heterocycles. The highest BCUT2D eigenvalue weighted by Crippen LogP contribution is 2.32. The zero-order chi connectivity index (χ0) is 15.6. The van der Waals surface area contributed by atoms with E-state index in [-0.39, 0.29) is 5.91 Å². The van der Waals surface area contributed by atoms with Crippen LogP contribution in [0.25, 0.3) is 0 Å². The Morgan fingerprint density at radius 1 is 1.48 bits per heavy atom. The van der Waals surface area contributed by atoms with Gasteiger partial charge in [-0.2, -0.15) is 0 Å². The summed E-state index contributed by atoms with van der Waals surface area (Å²) in [4.78, 5) is 14.4. The third-order valence-corrected chi connectivity index (χ3v) is 4.40. The number of amides is 1. The van der Waals surface area contributed by atoms with E-state index in [1.54, 1.807) is 12.1 Å². The van der Waals surface area contributed by atoms with Gasteiger partial charge in [-0.3, -0.25) is 9.69 Å². The lowest BCUT2D eigenvalue weighted by molar-refractivity contribution is -0.117. The molecule has 0 aromatic heterocycles. The van der Waals surface area contributed by atoms with Crippen molar-refractivity contribution in [3.05, 3.63) is 22.2 Å². The SMILES string of the molecule is CC(C)C1CCCN1CC(=O)Nc1c(N)cc(Cl)cc1Cl. The predicted octanol–water partition coefficient (Wildman–Crippen LogP) is 3.63. The molecule has 116 valence electrons. The molecule has 1 amide bonds. The number of carbonyl (C=O) groups is 1. The highest BCUT2D eigenvalue weighted by Gasteiger charge is 2.28. The minimum Gasteiger partial charge on any atom is -0.397 e. The van der Waals surface area contributed by atoms with Gasteiger partial charge in [-0.25, -0.2) is 0 Å². The van der Waals surface area contributed by atoms with Gasteiger partial charge < -0.3 is 11.1 Å². The average molecular weight is 330 g/mol. The molecular formula is C15H21Cl2N3O. The maximum absolute atomic E-state index is 12.2. The molecule has 1 aliphatic rings. The monoisotopic (exact) mass is 329 g/mol. The van der Waals surface area contributed by atoms with Crippen molar-refractivity contribution in [2.45, 2.75) is 32.7 Å². The molecule has 0 saturated carbocycles. The average Bonchev–Trinajstić information content (AvgIpc) is 2.82. The molecule has 1 saturated heterocycles. The Hall–Kier alpha value is -0.970. The van der Waals surface area contributed by atoms with Crippen LogP contribution in [0.2, 0.25) is 10.0 Å². The fourth-order valence-electron chi connectivity index (χ4n) is 2.89. The molecule has 3 N–H and O–H groups in total. The van der Waals surface area contributed by atoms with Crippen LogP contribution in [0.15, 0.2) is 12.1 Å². The number of likely N-dealkylation sites (tertiary alicyclic amines) is 1. The van der Waals surface area contributed by atoms with Crippen LogP contribution in [0.4, 0.5) is 11.4 Å². The van der Waals surface area contributed by atoms with Gasteiger partial charge in [0.05, 0.1) is 22.9 Å². The quantitative estimate of drug-likeness (QED) is 0.829. The topological polar surface area (TPSA) is 58.4 Å². The van der Waals surface area contributed by atoms with E-state index in [9.17, 15) is 4.79 Å². The van der Waals surface area contributed by atoms with Gasteiger partial charge in [-0.05, 0) is 37.4 Å². The van der Waals surface area contributed by atoms with Crippen molar-refractivity contribution < 1.29 is 4.79 Å². The number of hydrogen-bond donors (Lipinski definition) is 2. The summed E-state index contributed by atoms with van der Waals surface area (Å²) in [5.74, 6) is 0.447. The number of halogens is 2. The van der Waals surface area contributed by atoms with Gasteiger partial charge in [-0.15, -0.1) is 0 Å². The second-order valence-corrected chi connectivity index (χ2v) is 6.67. The van der Waals surface area contributed by atoms with Gasteiger partial charge in [0, 0.05) is 11.1 Å². The molecule has 1 aromatic rings. The third kappa shape index (κ3) is 4.02. The molecule has 0 spiro atoms. The molecular weight excluding hydrogens is 309 g/mol. The van der Waals surface area contributed by atoms with E-state index in [4.69, 9.17) is 28.9 Å². The van der Waals surface area contributed by atoms with Gasteiger partial charge in [0.25, 0.3) is 0 Å². The van der Waals surface area contributed by atoms with Crippen molar-refractivity contribution in [1.29, 1.82) is 0 Å². The molecule has 0 bridgehead atoms. The zero-order valence-corrected chi connectivity index (χ0v) is 13.8. The van der Waals surface area contributed by atoms with E-state index < -0.39 is 0 Å². The summed E-state index contributed by atoms with van der Waals surface area (Å²) in [6.45, 7) is 5.70. The Labute approximate surface area is 135 Å². The van der Waals surface area contributed by atoms with Crippen LogP contribution < -0.4 is 11.1 Å². The van der Waals surface area contributed by atoms with Crippen molar-refractivity contribution in [3.63, 3.8) is 0 Å². The lowest BCUT2D eigenvalue weighted by Gasteiger charge is -2.27. The van der Waals surface area contributed by atoms with Gasteiger partial charge in [0.2, 0.25) is 5.91 Å². The minimum absolute atomic E-state index is 0.0986. The number of nitrogens with two attached hydrogens (primary N) is 1. The Bertz CT molecular complexity index is 511. The third-order valence-electron chi connectivity index (χ3n) is 3.88. The molecule has 6 heteroatoms. The van der Waals surface area contributed by atoms with E-state index in [1.165, 1.54) is 0 Å². The maximum atomic E-state index is 12.2. The van der Waals surface area contributed by atoms with Crippen molar-refractivity contribution in [2.75, 3.05) is 24.1 Å². The molecule has 1 fully saturated rings. The number of nitrogens with zero attached hydrogens (tertiary/aromatic N) is 1. The normalized spacial score (nSPS) is 19.2. The smallest absolute Gasteiger partial charge is 0.238 e. The Kier molecular flexibility index (Phi) is 5.36. The summed E-state index contributed by atoms with van der Waals surface area (Å²) in [5.41, 5.74) is 6.67. The summed E-state index contributed by atoms with van der Waals surface area (Å²) in [6.07, 6.45) is 2.29. The van der Waals surface area contributed by atoms with Crippen LogP contribution in [0.3, 0.4) is 0 Å². The fourth-order valence-corrected chi connectivity index (χ4v) is 3.45. The van der Waals surface area contributed by atoms with Gasteiger partial charge in [-0.1, -0.05) is 37.0 Å². The first-order valence-electron chi connectivity index (χ1n) is 7.17. The highest BCUT2D eigenvalue weighted by molar-refractivity contribution is 6.37. The molecule has 4 nitrogen and oxygen atoms in total. The number of hydrogen-bond acceptors (Lipinski definition) is 3. The molecule has 2 rings (SSSR count). The van der Waals surface area contributed by atoms with E-state index in [0.717, 1.165) is 19.4 Å². The van der Waals surface area contributed by atoms with Gasteiger partial charge >= 0.3 is 0 Å². The molecule has 0 aliphatic carbocycles. The molecule has 1 aromatic carbocycles. The first-order chi connectivity index (χ1) is 9.88. The van der Waals surface area contributed by atoms with Crippen molar-refractivity contribution in [2.24, 2.45) is 5.92 Å². The first-order valence-corrected chi connectivity index (χ1v) is 7.92. The summed E-state index contributed by atoms with van der Waals surface area (Å²) in [5, 5.41) is 3.61. The number of benzene rings is 1. The van der Waals surface area contributed by atoms with Crippen LogP contribution in [0.1, 0.15) is 26.7 Å². The summed E-state index contributed by atoms with van der Waals surface area (Å²) < 4.78 is 0. The van der Waals surface area contributed by atoms with Crippen LogP contribution in [-0.4, -0.2) is 29.9 Å². The van der Waals surface area contributed by atoms with Crippen molar-refractivity contribution in [1.82, 2.24) is 4.90 Å². The zero-order valence-electron chi connectivity index (χ0n) is 12.3. The van der Waals surface area contributed by atoms with Crippen molar-refractivity contribution in [3.8, 4) is 0 Å². The lowest BCUT2D eigenvalue weighted by Crippen LogP contribution is -2.39. The number of nitrogens with one attached hydrogen (secondary N) is 1. The van der Waals surface area contributed by atoms with E-state index in [1.807, 2.05) is 0 Å². The van der Waals surface area contributed by atoms with Crippen LogP contribution in [-0.2, 0) is 4.79 Å². The Morgan fingerprint density at radius 3 is 2.81 bits per heavy atom. The summed E-state index contributed by atoms with van der Waals surface area (Å²) >= 11 is 11.9. The lowest BCUT2D eigenvalue weighted by atomic mass is 10.0. The summed E-state index contributed by atoms with van der Waals surface area (Å²) in [6, 6.07) is 3.62. The Morgan fingerprint density at radius 2 is 2.19 bits per heavy atom. The van der Waals surface area contributed by atoms with E-state index in [2.05, 4.69) is 24.1 Å². The largest absolute Gasteiger partial charge is 0.397 e. The first kappa shape index (κ1) is 16.4. The number of anilines is 2. The standard InChI is InChI=1S/C15H21Cl2N3O/c1-9(2)13-4-3-5-20(13)8-14(21)19-15-11(17)6-10(16)7-12(15)18/h6-7,9,13H,3-5,8,18H2,1-2H3,(H,19,21). The Balaban J connectivity index is 2.02. The predicted molar refractivity (Wildman–Crippen MR) is 88.9 cm³/mol. The van der Waals surface area contributed by atoms with Gasteiger partial charge in [0.1, 0.15) is 0 Å². The maximum Gasteiger partial charge on any atom is 0.238 e. The van der Waals surface area contributed by atoms with E-state index in [0.29, 0.717) is 39.9 Å². The second kappa shape index (κ2) is 6.86. The molecule has 1 atom stereocenters. The molecule has 21 heavy (non-hydrogen) atoms. The summed E-state index contributed by atoms with van der Waals surface area (Å²) in [7, 11) is 0. The number of rotatable bonds is 4. The number of nitrogen functional groups attached to an aromatic ring is 1. The van der Waals surface area contributed by atoms with Crippen LogP contribution >= 0.6 is 23.2 Å². The highest BCUT2D eigenvalue weighted by atomic mass is 35.5. The van der Waals surface area contributed by atoms with Crippen LogP contribution in [0.5, 0.6) is 0 Å². The van der Waals surface area contributed by atoms with Crippen LogP contribution in [0, 0.1) is 5.92 Å². The number of carbonyl (C=O) groups excluding carboxylic acids is 1. The second-order valence-electron chi connectivity index (χ2n) is 5.82. The minimum atomic E-state index is -0.0986. The van der Waals surface area contributed by atoms with E-state index >= 15 is 0 Å². The molecule has 1 heterocycles. The molecule has 1 unspecified atom stereocenters. The van der Waals surface area contributed by atoms with Crippen molar-refractivity contribution >= 4 is 40.5 Å². The van der Waals surface area contributed by atoms with Gasteiger partial charge in [0.15, 0.2) is 0 Å². The molecule has 0 radical (unpaired) electrons. The fraction of sp³-hybridized carbons (Fsp3) is 0.533.